The van der Waals surface area contributed by atoms with E-state index in [0.29, 0.717) is 0 Å². The Labute approximate surface area is 66.8 Å². The SMILES string of the molecule is CCCCCCl.[Mg+2]. The van der Waals surface area contributed by atoms with Gasteiger partial charge < -0.3 is 0 Å². The Balaban J connectivity index is 0. The molecule has 0 aromatic rings. The van der Waals surface area contributed by atoms with Crippen LogP contribution in [-0.2, 0) is 0 Å². The first-order chi connectivity index (χ1) is 2.91. The zero-order chi connectivity index (χ0) is 4.83. The predicted molar refractivity (Wildman–Crippen MR) is 36.0 cm³/mol. The molecular formula is C5H11ClMg+2. The van der Waals surface area contributed by atoms with E-state index >= 15 is 0 Å². The van der Waals surface area contributed by atoms with Gasteiger partial charge in [-0.3, -0.25) is 0 Å². The summed E-state index contributed by atoms with van der Waals surface area (Å²) in [7, 11) is 0. The normalized spacial score (nSPS) is 7.71. The van der Waals surface area contributed by atoms with Gasteiger partial charge in [-0.05, 0) is 6.42 Å². The summed E-state index contributed by atoms with van der Waals surface area (Å²) in [4.78, 5) is 0. The number of halogens is 1. The molecule has 7 heavy (non-hydrogen) atoms. The molecular weight excluding hydrogens is 120 g/mol. The molecule has 0 nitrogen and oxygen atoms in total. The maximum absolute atomic E-state index is 5.38. The van der Waals surface area contributed by atoms with Crippen LogP contribution in [0.5, 0.6) is 0 Å². The van der Waals surface area contributed by atoms with Gasteiger partial charge in [-0.2, -0.15) is 0 Å². The maximum atomic E-state index is 5.38. The van der Waals surface area contributed by atoms with Crippen LogP contribution >= 0.6 is 11.6 Å². The molecule has 0 fully saturated rings. The summed E-state index contributed by atoms with van der Waals surface area (Å²) in [6, 6.07) is 0. The number of hydrogen-bond donors (Lipinski definition) is 0. The van der Waals surface area contributed by atoms with E-state index in [4.69, 9.17) is 11.6 Å². The number of unbranched alkanes of at least 4 members (excludes halogenated alkanes) is 2. The quantitative estimate of drug-likeness (QED) is 0.312. The van der Waals surface area contributed by atoms with Gasteiger partial charge in [0, 0.05) is 5.88 Å². The third-order valence-electron chi connectivity index (χ3n) is 0.737. The van der Waals surface area contributed by atoms with Crippen molar-refractivity contribution in [3.8, 4) is 0 Å². The first-order valence-electron chi connectivity index (χ1n) is 2.47. The van der Waals surface area contributed by atoms with Gasteiger partial charge >= 0.3 is 23.1 Å². The van der Waals surface area contributed by atoms with Crippen LogP contribution < -0.4 is 0 Å². The molecule has 0 aliphatic rings. The molecule has 0 saturated heterocycles. The van der Waals surface area contributed by atoms with E-state index < -0.39 is 0 Å². The van der Waals surface area contributed by atoms with Gasteiger partial charge in [-0.15, -0.1) is 11.6 Å². The molecule has 0 heterocycles. The van der Waals surface area contributed by atoms with Gasteiger partial charge in [0.1, 0.15) is 0 Å². The molecule has 0 aliphatic carbocycles. The molecule has 2 heteroatoms. The molecule has 0 unspecified atom stereocenters. The van der Waals surface area contributed by atoms with Crippen molar-refractivity contribution in [2.24, 2.45) is 0 Å². The molecule has 0 bridgehead atoms. The fourth-order valence-electron chi connectivity index (χ4n) is 0.344. The van der Waals surface area contributed by atoms with E-state index in [-0.39, 0.29) is 23.1 Å². The van der Waals surface area contributed by atoms with Gasteiger partial charge in [-0.25, -0.2) is 0 Å². The first-order valence-corrected chi connectivity index (χ1v) is 3.01. The summed E-state index contributed by atoms with van der Waals surface area (Å²) in [5, 5.41) is 0. The van der Waals surface area contributed by atoms with Gasteiger partial charge in [0.25, 0.3) is 0 Å². The topological polar surface area (TPSA) is 0 Å². The first kappa shape index (κ1) is 10.9. The predicted octanol–water partition coefficient (Wildman–Crippen LogP) is 2.03. The van der Waals surface area contributed by atoms with Crippen LogP contribution in [0.4, 0.5) is 0 Å². The Morgan fingerprint density at radius 1 is 1.29 bits per heavy atom. The van der Waals surface area contributed by atoms with Gasteiger partial charge in [0.05, 0.1) is 0 Å². The molecule has 0 aliphatic heterocycles. The minimum Gasteiger partial charge on any atom is -0.127 e. The Hall–Kier alpha value is 1.06. The minimum absolute atomic E-state index is 0. The van der Waals surface area contributed by atoms with Crippen LogP contribution in [0.1, 0.15) is 26.2 Å². The summed E-state index contributed by atoms with van der Waals surface area (Å²) in [5.74, 6) is 0.827. The van der Waals surface area contributed by atoms with Crippen LogP contribution in [0.2, 0.25) is 0 Å². The molecule has 0 amide bonds. The van der Waals surface area contributed by atoms with Crippen LogP contribution in [-0.4, -0.2) is 28.9 Å². The van der Waals surface area contributed by atoms with Crippen LogP contribution in [0.3, 0.4) is 0 Å². The number of alkyl halides is 1. The van der Waals surface area contributed by atoms with E-state index in [1.165, 1.54) is 19.3 Å². The Bertz CT molecular complexity index is 20.0. The van der Waals surface area contributed by atoms with E-state index in [1.54, 1.807) is 0 Å². The standard InChI is InChI=1S/C5H11Cl.Mg/c1-2-3-4-5-6;/h2-5H2,1H3;/q;+2. The van der Waals surface area contributed by atoms with E-state index in [1.807, 2.05) is 0 Å². The Morgan fingerprint density at radius 2 is 1.86 bits per heavy atom. The van der Waals surface area contributed by atoms with Gasteiger partial charge in [-0.1, -0.05) is 19.8 Å². The zero-order valence-electron chi connectivity index (χ0n) is 4.91. The fraction of sp³-hybridized carbons (Fsp3) is 1.00. The van der Waals surface area contributed by atoms with E-state index in [0.717, 1.165) is 5.88 Å². The van der Waals surface area contributed by atoms with Crippen molar-refractivity contribution in [2.75, 3.05) is 5.88 Å². The molecule has 0 aromatic carbocycles. The van der Waals surface area contributed by atoms with Crippen LogP contribution in [0, 0.1) is 0 Å². The maximum Gasteiger partial charge on any atom is 2.00 e. The largest absolute Gasteiger partial charge is 2.00 e. The summed E-state index contributed by atoms with van der Waals surface area (Å²) < 4.78 is 0. The van der Waals surface area contributed by atoms with Crippen molar-refractivity contribution in [3.63, 3.8) is 0 Å². The van der Waals surface area contributed by atoms with Crippen LogP contribution in [0.25, 0.3) is 0 Å². The molecule has 38 valence electrons. The van der Waals surface area contributed by atoms with Crippen molar-refractivity contribution in [1.82, 2.24) is 0 Å². The minimum atomic E-state index is 0. The third kappa shape index (κ3) is 11.0. The Kier molecular flexibility index (Phi) is 15.8. The van der Waals surface area contributed by atoms with Crippen molar-refractivity contribution < 1.29 is 0 Å². The average Bonchev–Trinajstić information content (AvgIpc) is 1.61. The number of hydrogen-bond acceptors (Lipinski definition) is 0. The van der Waals surface area contributed by atoms with Crippen molar-refractivity contribution in [2.45, 2.75) is 26.2 Å². The second-order valence-corrected chi connectivity index (χ2v) is 1.77. The average molecular weight is 131 g/mol. The van der Waals surface area contributed by atoms with Crippen molar-refractivity contribution in [1.29, 1.82) is 0 Å². The molecule has 0 spiro atoms. The van der Waals surface area contributed by atoms with Gasteiger partial charge in [0.2, 0.25) is 0 Å². The van der Waals surface area contributed by atoms with E-state index in [9.17, 15) is 0 Å². The molecule has 0 radical (unpaired) electrons. The monoisotopic (exact) mass is 130 g/mol. The van der Waals surface area contributed by atoms with Crippen LogP contribution in [0.15, 0.2) is 0 Å². The fourth-order valence-corrected chi connectivity index (χ4v) is 0.533. The van der Waals surface area contributed by atoms with Gasteiger partial charge in [0.15, 0.2) is 0 Å². The molecule has 0 atom stereocenters. The molecule has 0 aromatic heterocycles. The Morgan fingerprint density at radius 3 is 2.00 bits per heavy atom. The number of rotatable bonds is 3. The van der Waals surface area contributed by atoms with Crippen molar-refractivity contribution >= 4 is 34.7 Å². The van der Waals surface area contributed by atoms with Crippen molar-refractivity contribution in [3.05, 3.63) is 0 Å². The zero-order valence-corrected chi connectivity index (χ0v) is 7.08. The second kappa shape index (κ2) is 10.1. The smallest absolute Gasteiger partial charge is 0.127 e. The van der Waals surface area contributed by atoms with E-state index in [2.05, 4.69) is 6.92 Å². The summed E-state index contributed by atoms with van der Waals surface area (Å²) in [6.07, 6.45) is 3.73. The molecule has 0 rings (SSSR count). The molecule has 0 N–H and O–H groups in total. The summed E-state index contributed by atoms with van der Waals surface area (Å²) in [6.45, 7) is 2.17. The third-order valence-corrected chi connectivity index (χ3v) is 1.00. The summed E-state index contributed by atoms with van der Waals surface area (Å²) in [5.41, 5.74) is 0. The second-order valence-electron chi connectivity index (χ2n) is 1.40. The summed E-state index contributed by atoms with van der Waals surface area (Å²) >= 11 is 5.38. The molecule has 0 saturated carbocycles.